The van der Waals surface area contributed by atoms with E-state index in [9.17, 15) is 26.7 Å². The maximum atomic E-state index is 13.4. The number of hydrogen-bond acceptors (Lipinski definition) is 9. The minimum atomic E-state index is -4.67. The van der Waals surface area contributed by atoms with Gasteiger partial charge in [0.25, 0.3) is 0 Å². The van der Waals surface area contributed by atoms with Gasteiger partial charge in [-0.05, 0) is 43.5 Å². The van der Waals surface area contributed by atoms with E-state index in [0.717, 1.165) is 12.2 Å². The van der Waals surface area contributed by atoms with E-state index >= 15 is 0 Å². The van der Waals surface area contributed by atoms with Crippen LogP contribution in [0.4, 0.5) is 24.8 Å². The summed E-state index contributed by atoms with van der Waals surface area (Å²) in [4.78, 5) is 10.0. The molecule has 3 aliphatic heterocycles. The number of rotatable bonds is 7. The van der Waals surface area contributed by atoms with Crippen molar-refractivity contribution in [3.05, 3.63) is 36.0 Å². The molecule has 208 valence electrons. The summed E-state index contributed by atoms with van der Waals surface area (Å²) in [6.45, 7) is 2.33. The number of ether oxygens (including phenoxy) is 2. The van der Waals surface area contributed by atoms with Crippen molar-refractivity contribution in [1.29, 1.82) is 0 Å². The maximum absolute atomic E-state index is 13.4. The Morgan fingerprint density at radius 2 is 1.82 bits per heavy atom. The van der Waals surface area contributed by atoms with Gasteiger partial charge in [-0.25, -0.2) is 13.4 Å². The number of sulfonamides is 1. The second-order valence-electron chi connectivity index (χ2n) is 9.72. The van der Waals surface area contributed by atoms with Gasteiger partial charge in [-0.3, -0.25) is 0 Å². The zero-order valence-electron chi connectivity index (χ0n) is 20.6. The third-order valence-electron chi connectivity index (χ3n) is 7.02. The third-order valence-corrected chi connectivity index (χ3v) is 8.93. The number of anilines is 2. The zero-order chi connectivity index (χ0) is 26.9. The molecule has 3 saturated heterocycles. The fraction of sp³-hybridized carbons (Fsp3) is 0.583. The van der Waals surface area contributed by atoms with Crippen LogP contribution >= 0.6 is 0 Å². The number of aliphatic hydroxyl groups excluding tert-OH is 1. The lowest BCUT2D eigenvalue weighted by atomic mass is 10.1. The van der Waals surface area contributed by atoms with Crippen LogP contribution < -0.4 is 15.0 Å². The summed E-state index contributed by atoms with van der Waals surface area (Å²) >= 11 is 0. The lowest BCUT2D eigenvalue weighted by Gasteiger charge is -2.31. The Bertz CT molecular complexity index is 1220. The molecule has 0 amide bonds. The largest absolute Gasteiger partial charge is 0.471 e. The molecular formula is C24H30F3N5O5S. The van der Waals surface area contributed by atoms with Crippen LogP contribution in [-0.4, -0.2) is 85.4 Å². The van der Waals surface area contributed by atoms with Crippen molar-refractivity contribution in [3.63, 3.8) is 0 Å². The smallest absolute Gasteiger partial charge is 0.423 e. The molecule has 38 heavy (non-hydrogen) atoms. The van der Waals surface area contributed by atoms with Crippen molar-refractivity contribution in [3.8, 4) is 5.88 Å². The van der Waals surface area contributed by atoms with Crippen molar-refractivity contribution in [2.75, 3.05) is 49.6 Å². The molecule has 2 atom stereocenters. The Hall–Kier alpha value is -2.68. The molecule has 0 spiro atoms. The molecule has 5 rings (SSSR count). The summed E-state index contributed by atoms with van der Waals surface area (Å²) in [6.07, 6.45) is -2.83. The number of halogens is 3. The van der Waals surface area contributed by atoms with Crippen LogP contribution in [-0.2, 0) is 20.9 Å². The second kappa shape index (κ2) is 10.8. The Balaban J connectivity index is 1.20. The number of hydrogen-bond donors (Lipinski definition) is 2. The van der Waals surface area contributed by atoms with Gasteiger partial charge in [0, 0.05) is 50.5 Å². The normalized spacial score (nSPS) is 23.6. The van der Waals surface area contributed by atoms with Crippen LogP contribution in [0.15, 0.2) is 35.4 Å². The number of nitrogens with one attached hydrogen (secondary N) is 1. The highest BCUT2D eigenvalue weighted by atomic mass is 32.2. The number of nitrogens with zero attached hydrogens (tertiary/aromatic N) is 4. The van der Waals surface area contributed by atoms with E-state index in [1.165, 1.54) is 4.31 Å². The highest BCUT2D eigenvalue weighted by Crippen LogP contribution is 2.36. The zero-order valence-corrected chi connectivity index (χ0v) is 21.4. The van der Waals surface area contributed by atoms with Crippen LogP contribution in [0.3, 0.4) is 0 Å². The molecule has 0 aliphatic carbocycles. The second-order valence-corrected chi connectivity index (χ2v) is 11.7. The van der Waals surface area contributed by atoms with E-state index in [4.69, 9.17) is 9.47 Å². The molecule has 2 aromatic rings. The maximum Gasteiger partial charge on any atom is 0.423 e. The van der Waals surface area contributed by atoms with Gasteiger partial charge in [-0.15, -0.1) is 0 Å². The highest BCUT2D eigenvalue weighted by Gasteiger charge is 2.38. The molecular weight excluding hydrogens is 527 g/mol. The predicted molar refractivity (Wildman–Crippen MR) is 132 cm³/mol. The van der Waals surface area contributed by atoms with E-state index < -0.39 is 33.7 Å². The number of β-amino-alcohol motifs (C(OH)–C–C–N with tert-alkyl or cyclic N) is 1. The Labute approximate surface area is 218 Å². The topological polar surface area (TPSA) is 117 Å². The first-order chi connectivity index (χ1) is 18.1. The number of alkyl halides is 3. The SMILES string of the molecule is O=S(=O)(c1ccc(N2CC[C@@H](O)C2)cc1)N1CCC(Nc2ncc(C(F)(F)F)c(O[C@H]3CCOC3)n2)CC1. The number of aliphatic hydroxyl groups is 1. The monoisotopic (exact) mass is 557 g/mol. The highest BCUT2D eigenvalue weighted by molar-refractivity contribution is 7.89. The lowest BCUT2D eigenvalue weighted by molar-refractivity contribution is -0.139. The summed E-state index contributed by atoms with van der Waals surface area (Å²) in [5.41, 5.74) is -0.188. The van der Waals surface area contributed by atoms with Crippen molar-refractivity contribution < 1.29 is 36.2 Å². The van der Waals surface area contributed by atoms with Gasteiger partial charge >= 0.3 is 6.18 Å². The Morgan fingerprint density at radius 3 is 2.42 bits per heavy atom. The average Bonchev–Trinajstić information content (AvgIpc) is 3.56. The van der Waals surface area contributed by atoms with Gasteiger partial charge in [0.15, 0.2) is 0 Å². The standard InChI is InChI=1S/C24H30F3N5O5S/c25-24(26,27)21-13-28-23(30-22(21)37-19-8-12-36-15-19)29-16-5-10-32(11-6-16)38(34,35)20-3-1-17(2-4-20)31-9-7-18(33)14-31/h1-4,13,16,18-19,33H,5-12,14-15H2,(H,28,29,30)/t18-,19+/m1/s1. The predicted octanol–water partition coefficient (Wildman–Crippen LogP) is 2.50. The van der Waals surface area contributed by atoms with Gasteiger partial charge in [-0.1, -0.05) is 0 Å². The molecule has 1 aromatic heterocycles. The van der Waals surface area contributed by atoms with Gasteiger partial charge < -0.3 is 24.8 Å². The first-order valence-corrected chi connectivity index (χ1v) is 14.0. The van der Waals surface area contributed by atoms with E-state index in [1.807, 2.05) is 4.90 Å². The van der Waals surface area contributed by atoms with Crippen LogP contribution in [0, 0.1) is 0 Å². The van der Waals surface area contributed by atoms with Crippen LogP contribution in [0.25, 0.3) is 0 Å². The summed E-state index contributed by atoms with van der Waals surface area (Å²) in [7, 11) is -3.70. The molecule has 3 aliphatic rings. The fourth-order valence-corrected chi connectivity index (χ4v) is 6.33. The molecule has 4 heterocycles. The van der Waals surface area contributed by atoms with Crippen LogP contribution in [0.5, 0.6) is 5.88 Å². The minimum Gasteiger partial charge on any atom is -0.471 e. The molecule has 14 heteroatoms. The summed E-state index contributed by atoms with van der Waals surface area (Å²) in [5, 5.41) is 12.8. The van der Waals surface area contributed by atoms with Gasteiger partial charge in [0.2, 0.25) is 21.9 Å². The number of piperidine rings is 1. The summed E-state index contributed by atoms with van der Waals surface area (Å²) < 4.78 is 78.7. The number of aromatic nitrogens is 2. The molecule has 10 nitrogen and oxygen atoms in total. The van der Waals surface area contributed by atoms with E-state index in [2.05, 4.69) is 15.3 Å². The first-order valence-electron chi connectivity index (χ1n) is 12.6. The van der Waals surface area contributed by atoms with Crippen LogP contribution in [0.2, 0.25) is 0 Å². The molecule has 0 radical (unpaired) electrons. The molecule has 3 fully saturated rings. The van der Waals surface area contributed by atoms with Gasteiger partial charge in [0.1, 0.15) is 11.7 Å². The van der Waals surface area contributed by atoms with Gasteiger partial charge in [-0.2, -0.15) is 22.5 Å². The third kappa shape index (κ3) is 5.98. The van der Waals surface area contributed by atoms with Crippen molar-refractivity contribution in [2.45, 2.75) is 55.0 Å². The van der Waals surface area contributed by atoms with E-state index in [-0.39, 0.29) is 42.7 Å². The van der Waals surface area contributed by atoms with E-state index in [0.29, 0.717) is 45.0 Å². The minimum absolute atomic E-state index is 0.00385. The summed E-state index contributed by atoms with van der Waals surface area (Å²) in [6, 6.07) is 6.43. The summed E-state index contributed by atoms with van der Waals surface area (Å²) in [5.74, 6) is -0.548. The van der Waals surface area contributed by atoms with E-state index in [1.54, 1.807) is 24.3 Å². The average molecular weight is 558 g/mol. The molecule has 0 bridgehead atoms. The van der Waals surface area contributed by atoms with Crippen LogP contribution in [0.1, 0.15) is 31.2 Å². The van der Waals surface area contributed by atoms with Gasteiger partial charge in [0.05, 0.1) is 24.2 Å². The molecule has 1 aromatic carbocycles. The quantitative estimate of drug-likeness (QED) is 0.530. The number of benzene rings is 1. The lowest BCUT2D eigenvalue weighted by Crippen LogP contribution is -2.42. The molecule has 0 saturated carbocycles. The Morgan fingerprint density at radius 1 is 1.08 bits per heavy atom. The Kier molecular flexibility index (Phi) is 7.67. The molecule has 0 unspecified atom stereocenters. The first kappa shape index (κ1) is 26.9. The molecule has 2 N–H and O–H groups in total. The van der Waals surface area contributed by atoms with Crippen molar-refractivity contribution in [1.82, 2.24) is 14.3 Å². The van der Waals surface area contributed by atoms with Crippen molar-refractivity contribution in [2.24, 2.45) is 0 Å². The van der Waals surface area contributed by atoms with Crippen molar-refractivity contribution >= 4 is 21.7 Å². The fourth-order valence-electron chi connectivity index (χ4n) is 4.86.